The molecule has 8 heteroatoms. The molecule has 0 bridgehead atoms. The van der Waals surface area contributed by atoms with Gasteiger partial charge in [-0.05, 0) is 37.9 Å². The summed E-state index contributed by atoms with van der Waals surface area (Å²) in [7, 11) is 3.03. The molecule has 0 spiro atoms. The van der Waals surface area contributed by atoms with Gasteiger partial charge in [0, 0.05) is 17.1 Å². The van der Waals surface area contributed by atoms with E-state index in [1.807, 2.05) is 6.20 Å². The van der Waals surface area contributed by atoms with Crippen LogP contribution in [0.5, 0.6) is 11.5 Å². The lowest BCUT2D eigenvalue weighted by molar-refractivity contribution is 0.102. The van der Waals surface area contributed by atoms with Crippen molar-refractivity contribution in [3.05, 3.63) is 33.8 Å². The largest absolute Gasteiger partial charge is 0.493 e. The van der Waals surface area contributed by atoms with Crippen LogP contribution in [0.3, 0.4) is 0 Å². The molecule has 1 saturated heterocycles. The van der Waals surface area contributed by atoms with Crippen molar-refractivity contribution in [2.45, 2.75) is 18.8 Å². The Kier molecular flexibility index (Phi) is 5.78. The first-order valence-electron chi connectivity index (χ1n) is 8.01. The summed E-state index contributed by atoms with van der Waals surface area (Å²) in [4.78, 5) is 18.1. The number of anilines is 1. The molecule has 0 unspecified atom stereocenters. The Hall–Kier alpha value is -1.83. The molecule has 6 nitrogen and oxygen atoms in total. The molecular formula is C17H20ClN3O3S. The molecule has 3 rings (SSSR count). The predicted molar refractivity (Wildman–Crippen MR) is 99.5 cm³/mol. The van der Waals surface area contributed by atoms with Gasteiger partial charge in [0.05, 0.1) is 24.8 Å². The summed E-state index contributed by atoms with van der Waals surface area (Å²) in [6, 6.07) is 3.13. The molecule has 0 atom stereocenters. The van der Waals surface area contributed by atoms with Crippen LogP contribution in [0.1, 0.15) is 34.0 Å². The zero-order valence-corrected chi connectivity index (χ0v) is 15.7. The molecule has 1 aromatic heterocycles. The van der Waals surface area contributed by atoms with Gasteiger partial charge < -0.3 is 14.8 Å². The van der Waals surface area contributed by atoms with Gasteiger partial charge in [0.15, 0.2) is 16.6 Å². The van der Waals surface area contributed by atoms with Crippen molar-refractivity contribution in [3.63, 3.8) is 0 Å². The number of rotatable bonds is 5. The van der Waals surface area contributed by atoms with Gasteiger partial charge in [0.25, 0.3) is 5.91 Å². The summed E-state index contributed by atoms with van der Waals surface area (Å²) in [5, 5.41) is 7.04. The van der Waals surface area contributed by atoms with Crippen LogP contribution < -0.4 is 20.1 Å². The molecule has 2 heterocycles. The number of ether oxygens (including phenoxy) is 2. The van der Waals surface area contributed by atoms with Crippen molar-refractivity contribution >= 4 is 34.0 Å². The van der Waals surface area contributed by atoms with Crippen molar-refractivity contribution in [2.24, 2.45) is 0 Å². The van der Waals surface area contributed by atoms with Gasteiger partial charge in [-0.15, -0.1) is 11.3 Å². The molecule has 134 valence electrons. The highest BCUT2D eigenvalue weighted by molar-refractivity contribution is 7.15. The fourth-order valence-electron chi connectivity index (χ4n) is 2.83. The van der Waals surface area contributed by atoms with Gasteiger partial charge in [-0.2, -0.15) is 0 Å². The lowest BCUT2D eigenvalue weighted by Crippen LogP contribution is -2.26. The summed E-state index contributed by atoms with van der Waals surface area (Å²) in [6.45, 7) is 2.04. The fourth-order valence-corrected chi connectivity index (χ4v) is 4.05. The molecular weight excluding hydrogens is 362 g/mol. The zero-order chi connectivity index (χ0) is 17.8. The van der Waals surface area contributed by atoms with E-state index in [1.54, 1.807) is 12.1 Å². The monoisotopic (exact) mass is 381 g/mol. The number of halogens is 1. The van der Waals surface area contributed by atoms with E-state index >= 15 is 0 Å². The molecule has 1 amide bonds. The molecule has 0 aliphatic carbocycles. The van der Waals surface area contributed by atoms with E-state index in [-0.39, 0.29) is 5.91 Å². The second-order valence-corrected chi connectivity index (χ2v) is 7.20. The van der Waals surface area contributed by atoms with Crippen LogP contribution in [0.15, 0.2) is 18.3 Å². The lowest BCUT2D eigenvalue weighted by atomic mass is 9.97. The normalized spacial score (nSPS) is 15.0. The number of carbonyl (C=O) groups is 1. The van der Waals surface area contributed by atoms with Crippen LogP contribution in [0, 0.1) is 0 Å². The first-order chi connectivity index (χ1) is 12.1. The molecule has 25 heavy (non-hydrogen) atoms. The van der Waals surface area contributed by atoms with Crippen LogP contribution in [-0.2, 0) is 0 Å². The number of thiazole rings is 1. The molecule has 1 aromatic carbocycles. The standard InChI is InChI=1S/C17H20ClN3O3S/c1-23-13-7-11(12(18)8-14(13)24-2)16(22)21-17-20-9-15(25-17)10-3-5-19-6-4-10/h7-10,19H,3-6H2,1-2H3,(H,20,21,22). The average Bonchev–Trinajstić information content (AvgIpc) is 3.10. The molecule has 0 radical (unpaired) electrons. The van der Waals surface area contributed by atoms with E-state index in [9.17, 15) is 4.79 Å². The van der Waals surface area contributed by atoms with E-state index in [0.717, 1.165) is 25.9 Å². The van der Waals surface area contributed by atoms with Crippen molar-refractivity contribution in [2.75, 3.05) is 32.6 Å². The number of amides is 1. The summed E-state index contributed by atoms with van der Waals surface area (Å²) in [6.07, 6.45) is 4.04. The first-order valence-corrected chi connectivity index (χ1v) is 9.21. The fraction of sp³-hybridized carbons (Fsp3) is 0.412. The minimum absolute atomic E-state index is 0.297. The third-order valence-corrected chi connectivity index (χ3v) is 5.59. The van der Waals surface area contributed by atoms with Gasteiger partial charge in [0.2, 0.25) is 0 Å². The van der Waals surface area contributed by atoms with E-state index in [0.29, 0.717) is 33.1 Å². The smallest absolute Gasteiger partial charge is 0.259 e. The molecule has 0 saturated carbocycles. The van der Waals surface area contributed by atoms with Crippen LogP contribution in [0.2, 0.25) is 5.02 Å². The Bertz CT molecular complexity index is 760. The zero-order valence-electron chi connectivity index (χ0n) is 14.1. The number of carbonyl (C=O) groups excluding carboxylic acids is 1. The van der Waals surface area contributed by atoms with Crippen LogP contribution in [0.4, 0.5) is 5.13 Å². The maximum atomic E-state index is 12.6. The van der Waals surface area contributed by atoms with Gasteiger partial charge in [-0.25, -0.2) is 4.98 Å². The number of hydrogen-bond acceptors (Lipinski definition) is 6. The molecule has 1 aliphatic rings. The second kappa shape index (κ2) is 8.03. The van der Waals surface area contributed by atoms with Gasteiger partial charge >= 0.3 is 0 Å². The van der Waals surface area contributed by atoms with E-state index in [1.165, 1.54) is 30.4 Å². The van der Waals surface area contributed by atoms with E-state index < -0.39 is 0 Å². The Labute approximate surface area is 155 Å². The number of piperidine rings is 1. The highest BCUT2D eigenvalue weighted by Gasteiger charge is 2.20. The summed E-state index contributed by atoms with van der Waals surface area (Å²) < 4.78 is 10.4. The summed E-state index contributed by atoms with van der Waals surface area (Å²) in [5.41, 5.74) is 0.318. The van der Waals surface area contributed by atoms with Crippen molar-refractivity contribution < 1.29 is 14.3 Å². The third kappa shape index (κ3) is 4.05. The van der Waals surface area contributed by atoms with Gasteiger partial charge in [0.1, 0.15) is 0 Å². The minimum atomic E-state index is -0.322. The Morgan fingerprint density at radius 2 is 1.96 bits per heavy atom. The first kappa shape index (κ1) is 18.0. The Morgan fingerprint density at radius 3 is 2.64 bits per heavy atom. The number of methoxy groups -OCH3 is 2. The van der Waals surface area contributed by atoms with Crippen molar-refractivity contribution in [1.29, 1.82) is 0 Å². The van der Waals surface area contributed by atoms with Gasteiger partial charge in [-0.3, -0.25) is 10.1 Å². The number of benzene rings is 1. The third-order valence-electron chi connectivity index (χ3n) is 4.20. The maximum Gasteiger partial charge on any atom is 0.259 e. The number of hydrogen-bond donors (Lipinski definition) is 2. The predicted octanol–water partition coefficient (Wildman–Crippen LogP) is 3.53. The quantitative estimate of drug-likeness (QED) is 0.828. The SMILES string of the molecule is COc1cc(Cl)c(C(=O)Nc2ncc(C3CCNCC3)s2)cc1OC. The van der Waals surface area contributed by atoms with Crippen molar-refractivity contribution in [1.82, 2.24) is 10.3 Å². The highest BCUT2D eigenvalue weighted by Crippen LogP contribution is 2.35. The number of nitrogens with zero attached hydrogens (tertiary/aromatic N) is 1. The van der Waals surface area contributed by atoms with Crippen LogP contribution in [-0.4, -0.2) is 38.2 Å². The van der Waals surface area contributed by atoms with E-state index in [2.05, 4.69) is 15.6 Å². The van der Waals surface area contributed by atoms with E-state index in [4.69, 9.17) is 21.1 Å². The number of nitrogens with one attached hydrogen (secondary N) is 2. The maximum absolute atomic E-state index is 12.6. The van der Waals surface area contributed by atoms with Crippen LogP contribution in [0.25, 0.3) is 0 Å². The second-order valence-electron chi connectivity index (χ2n) is 5.73. The molecule has 1 aliphatic heterocycles. The lowest BCUT2D eigenvalue weighted by Gasteiger charge is -2.20. The average molecular weight is 382 g/mol. The summed E-state index contributed by atoms with van der Waals surface area (Å²) >= 11 is 7.72. The number of aromatic nitrogens is 1. The molecule has 2 N–H and O–H groups in total. The molecule has 1 fully saturated rings. The summed E-state index contributed by atoms with van der Waals surface area (Å²) in [5.74, 6) is 1.12. The highest BCUT2D eigenvalue weighted by atomic mass is 35.5. The minimum Gasteiger partial charge on any atom is -0.493 e. The van der Waals surface area contributed by atoms with Crippen LogP contribution >= 0.6 is 22.9 Å². The Balaban J connectivity index is 1.75. The van der Waals surface area contributed by atoms with Gasteiger partial charge in [-0.1, -0.05) is 11.6 Å². The van der Waals surface area contributed by atoms with Crippen molar-refractivity contribution in [3.8, 4) is 11.5 Å². The topological polar surface area (TPSA) is 72.5 Å². The molecule has 2 aromatic rings. The Morgan fingerprint density at radius 1 is 1.28 bits per heavy atom.